The van der Waals surface area contributed by atoms with E-state index in [4.69, 9.17) is 5.10 Å². The van der Waals surface area contributed by atoms with Crippen molar-refractivity contribution in [2.45, 2.75) is 32.2 Å². The van der Waals surface area contributed by atoms with Crippen molar-refractivity contribution in [1.82, 2.24) is 20.1 Å². The topological polar surface area (TPSA) is 59.8 Å². The highest BCUT2D eigenvalue weighted by Crippen LogP contribution is 2.29. The second-order valence-corrected chi connectivity index (χ2v) is 7.90. The number of hydrogen-bond acceptors (Lipinski definition) is 3. The van der Waals surface area contributed by atoms with Gasteiger partial charge in [-0.25, -0.2) is 4.68 Å². The maximum Gasteiger partial charge on any atom is 0.272 e. The van der Waals surface area contributed by atoms with Gasteiger partial charge in [-0.2, -0.15) is 5.10 Å². The summed E-state index contributed by atoms with van der Waals surface area (Å²) in [6.07, 6.45) is 4.61. The summed E-state index contributed by atoms with van der Waals surface area (Å²) >= 11 is 0. The maximum absolute atomic E-state index is 13.5. The van der Waals surface area contributed by atoms with Crippen molar-refractivity contribution < 1.29 is 4.79 Å². The minimum atomic E-state index is -0.337. The van der Waals surface area contributed by atoms with E-state index < -0.39 is 0 Å². The van der Waals surface area contributed by atoms with Crippen molar-refractivity contribution in [3.63, 3.8) is 0 Å². The molecule has 2 heterocycles. The van der Waals surface area contributed by atoms with Crippen molar-refractivity contribution in [1.29, 1.82) is 0 Å². The van der Waals surface area contributed by atoms with Gasteiger partial charge in [0.05, 0.1) is 17.4 Å². The molecule has 0 spiro atoms. The van der Waals surface area contributed by atoms with E-state index in [2.05, 4.69) is 29.4 Å². The van der Waals surface area contributed by atoms with Crippen molar-refractivity contribution in [2.75, 3.05) is 0 Å². The molecule has 1 aliphatic rings. The number of hydrogen-bond donors (Lipinski definition) is 1. The Morgan fingerprint density at radius 2 is 1.74 bits per heavy atom. The average Bonchev–Trinajstić information content (AvgIpc) is 3.42. The molecule has 5 nitrogen and oxygen atoms in total. The van der Waals surface area contributed by atoms with E-state index in [-0.39, 0.29) is 11.9 Å². The number of pyridine rings is 1. The highest BCUT2D eigenvalue weighted by atomic mass is 16.2. The number of aromatic nitrogens is 3. The van der Waals surface area contributed by atoms with Crippen LogP contribution < -0.4 is 5.32 Å². The molecule has 0 radical (unpaired) electrons. The number of fused-ring (bicyclic) bond motifs is 1. The molecule has 2 aromatic carbocycles. The molecule has 4 aromatic rings. The van der Waals surface area contributed by atoms with Crippen LogP contribution in [0.4, 0.5) is 0 Å². The fourth-order valence-corrected chi connectivity index (χ4v) is 4.34. The summed E-state index contributed by atoms with van der Waals surface area (Å²) in [5, 5.41) is 7.99. The van der Waals surface area contributed by atoms with E-state index in [1.54, 1.807) is 6.20 Å². The monoisotopic (exact) mass is 408 g/mol. The molecule has 0 saturated carbocycles. The Kier molecular flexibility index (Phi) is 5.08. The van der Waals surface area contributed by atoms with Crippen LogP contribution in [0.3, 0.4) is 0 Å². The molecule has 1 N–H and O–H groups in total. The second-order valence-electron chi connectivity index (χ2n) is 7.90. The number of amides is 1. The summed E-state index contributed by atoms with van der Waals surface area (Å²) in [5.41, 5.74) is 6.70. The lowest BCUT2D eigenvalue weighted by atomic mass is 10.0. The van der Waals surface area contributed by atoms with E-state index >= 15 is 0 Å². The third-order valence-electron chi connectivity index (χ3n) is 5.88. The molecule has 154 valence electrons. The number of aryl methyl sites for hydroxylation is 1. The third-order valence-corrected chi connectivity index (χ3v) is 5.88. The Bertz CT molecular complexity index is 1180. The number of benzene rings is 2. The number of nitrogens with zero attached hydrogens (tertiary/aromatic N) is 3. The minimum absolute atomic E-state index is 0.162. The van der Waals surface area contributed by atoms with Gasteiger partial charge in [-0.05, 0) is 55.5 Å². The first kappa shape index (κ1) is 19.2. The van der Waals surface area contributed by atoms with Crippen LogP contribution in [0.15, 0.2) is 79.0 Å². The van der Waals surface area contributed by atoms with Crippen molar-refractivity contribution in [3.8, 4) is 5.69 Å². The molecule has 0 aliphatic heterocycles. The molecule has 1 amide bonds. The Morgan fingerprint density at radius 1 is 0.968 bits per heavy atom. The Hall–Kier alpha value is -3.73. The smallest absolute Gasteiger partial charge is 0.272 e. The average molecular weight is 409 g/mol. The number of nitrogens with one attached hydrogen (secondary N) is 1. The number of carbonyl (C=O) groups is 1. The zero-order valence-corrected chi connectivity index (χ0v) is 17.5. The zero-order valence-electron chi connectivity index (χ0n) is 17.5. The predicted molar refractivity (Wildman–Crippen MR) is 120 cm³/mol. The van der Waals surface area contributed by atoms with Gasteiger partial charge in [0.1, 0.15) is 0 Å². The molecule has 1 unspecified atom stereocenters. The van der Waals surface area contributed by atoms with Gasteiger partial charge in [-0.15, -0.1) is 0 Å². The fraction of sp³-hybridized carbons (Fsp3) is 0.192. The largest absolute Gasteiger partial charge is 0.338 e. The van der Waals surface area contributed by atoms with Gasteiger partial charge in [0.25, 0.3) is 5.91 Å². The highest BCUT2D eigenvalue weighted by molar-refractivity contribution is 5.94. The Labute approximate surface area is 181 Å². The molecule has 5 heteroatoms. The first-order chi connectivity index (χ1) is 15.2. The summed E-state index contributed by atoms with van der Waals surface area (Å²) < 4.78 is 1.96. The van der Waals surface area contributed by atoms with Gasteiger partial charge < -0.3 is 5.32 Å². The summed E-state index contributed by atoms with van der Waals surface area (Å²) in [7, 11) is 0. The van der Waals surface area contributed by atoms with Crippen LogP contribution in [0.1, 0.15) is 51.0 Å². The highest BCUT2D eigenvalue weighted by Gasteiger charge is 2.29. The molecule has 1 aliphatic carbocycles. The lowest BCUT2D eigenvalue weighted by Gasteiger charge is -2.18. The zero-order chi connectivity index (χ0) is 21.2. The van der Waals surface area contributed by atoms with Crippen LogP contribution in [0.5, 0.6) is 0 Å². The van der Waals surface area contributed by atoms with Gasteiger partial charge in [-0.3, -0.25) is 9.78 Å². The summed E-state index contributed by atoms with van der Waals surface area (Å²) in [6.45, 7) is 2.07. The molecule has 0 saturated heterocycles. The molecular formula is C26H24N4O. The van der Waals surface area contributed by atoms with Crippen molar-refractivity contribution in [2.24, 2.45) is 0 Å². The minimum Gasteiger partial charge on any atom is -0.338 e. The molecule has 0 bridgehead atoms. The molecule has 31 heavy (non-hydrogen) atoms. The lowest BCUT2D eigenvalue weighted by Crippen LogP contribution is -2.31. The number of carbonyl (C=O) groups excluding carboxylic acids is 1. The van der Waals surface area contributed by atoms with Crippen LogP contribution >= 0.6 is 0 Å². The normalized spacial score (nSPS) is 13.6. The van der Waals surface area contributed by atoms with E-state index in [0.717, 1.165) is 53.0 Å². The van der Waals surface area contributed by atoms with E-state index in [0.29, 0.717) is 5.69 Å². The second kappa shape index (κ2) is 8.19. The maximum atomic E-state index is 13.5. The number of para-hydroxylation sites is 1. The summed E-state index contributed by atoms with van der Waals surface area (Å²) in [4.78, 5) is 18.0. The molecule has 5 rings (SSSR count). The van der Waals surface area contributed by atoms with Crippen LogP contribution in [0, 0.1) is 6.92 Å². The fourth-order valence-electron chi connectivity index (χ4n) is 4.34. The van der Waals surface area contributed by atoms with Gasteiger partial charge in [-0.1, -0.05) is 54.6 Å². The van der Waals surface area contributed by atoms with Gasteiger partial charge in [0, 0.05) is 17.5 Å². The first-order valence-electron chi connectivity index (χ1n) is 10.7. The predicted octanol–water partition coefficient (Wildman–Crippen LogP) is 4.58. The molecule has 1 atom stereocenters. The SMILES string of the molecule is Cc1ccccc1-n1nc(C(=O)NC(c2ccccc2)c2ccccn2)c2c1CCC2. The Balaban J connectivity index is 1.53. The molecule has 0 fully saturated rings. The standard InChI is InChI=1S/C26H24N4O/c1-18-10-5-6-15-22(18)30-23-16-9-13-20(23)25(29-30)26(31)28-24(19-11-3-2-4-12-19)21-14-7-8-17-27-21/h2-8,10-12,14-15,17,24H,9,13,16H2,1H3,(H,28,31). The van der Waals surface area contributed by atoms with E-state index in [1.165, 1.54) is 0 Å². The van der Waals surface area contributed by atoms with Gasteiger partial charge in [0.15, 0.2) is 5.69 Å². The van der Waals surface area contributed by atoms with Crippen LogP contribution in [-0.2, 0) is 12.8 Å². The van der Waals surface area contributed by atoms with Crippen LogP contribution in [0.25, 0.3) is 5.69 Å². The summed E-state index contributed by atoms with van der Waals surface area (Å²) in [5.74, 6) is -0.162. The Morgan fingerprint density at radius 3 is 2.52 bits per heavy atom. The third kappa shape index (κ3) is 3.63. The molecular weight excluding hydrogens is 384 g/mol. The molecule has 2 aromatic heterocycles. The van der Waals surface area contributed by atoms with Gasteiger partial charge in [0.2, 0.25) is 0 Å². The first-order valence-corrected chi connectivity index (χ1v) is 10.7. The van der Waals surface area contributed by atoms with Gasteiger partial charge >= 0.3 is 0 Å². The van der Waals surface area contributed by atoms with E-state index in [1.807, 2.05) is 65.3 Å². The van der Waals surface area contributed by atoms with E-state index in [9.17, 15) is 4.79 Å². The van der Waals surface area contributed by atoms with Crippen molar-refractivity contribution >= 4 is 5.91 Å². The lowest BCUT2D eigenvalue weighted by molar-refractivity contribution is 0.0936. The van der Waals surface area contributed by atoms with Crippen LogP contribution in [-0.4, -0.2) is 20.7 Å². The summed E-state index contributed by atoms with van der Waals surface area (Å²) in [6, 6.07) is 23.5. The van der Waals surface area contributed by atoms with Crippen LogP contribution in [0.2, 0.25) is 0 Å². The number of rotatable bonds is 5. The quantitative estimate of drug-likeness (QED) is 0.526. The van der Waals surface area contributed by atoms with Crippen molar-refractivity contribution in [3.05, 3.63) is 113 Å².